The molecule has 0 aliphatic carbocycles. The molecule has 3 heterocycles. The molecule has 16 heteroatoms. The summed E-state index contributed by atoms with van der Waals surface area (Å²) in [6.45, 7) is 1.65. The zero-order valence-electron chi connectivity index (χ0n) is 16.2. The number of H-pyrrole nitrogens is 1. The molecule has 0 saturated carbocycles. The van der Waals surface area contributed by atoms with Crippen LogP contribution in [0.5, 0.6) is 0 Å². The molecule has 3 N–H and O–H groups in total. The molecule has 3 amide bonds. The average Bonchev–Trinajstić information content (AvgIpc) is 3.16. The molecule has 172 valence electrons. The van der Waals surface area contributed by atoms with Crippen LogP contribution in [0, 0.1) is 0 Å². The lowest BCUT2D eigenvalue weighted by Crippen LogP contribution is -2.69. The van der Waals surface area contributed by atoms with E-state index in [0.717, 1.165) is 7.11 Å². The van der Waals surface area contributed by atoms with Crippen molar-refractivity contribution in [1.82, 2.24) is 15.2 Å². The van der Waals surface area contributed by atoms with E-state index >= 15 is 0 Å². The van der Waals surface area contributed by atoms with Gasteiger partial charge in [0.05, 0.1) is 11.3 Å². The van der Waals surface area contributed by atoms with E-state index in [2.05, 4.69) is 25.3 Å². The summed E-state index contributed by atoms with van der Waals surface area (Å²) in [7, 11) is 1.13. The maximum absolute atomic E-state index is 12.7. The number of hydrogen-bond donors (Lipinski definition) is 3. The number of fused-ring (bicyclic) bond motifs is 1. The predicted molar refractivity (Wildman–Crippen MR) is 104 cm³/mol. The summed E-state index contributed by atoms with van der Waals surface area (Å²) >= 11 is 1.79. The Balaban J connectivity index is 1.78. The Morgan fingerprint density at radius 3 is 2.62 bits per heavy atom. The van der Waals surface area contributed by atoms with Gasteiger partial charge in [0.15, 0.2) is 10.5 Å². The number of halogens is 3. The third-order valence-corrected chi connectivity index (χ3v) is 6.51. The van der Waals surface area contributed by atoms with Gasteiger partial charge in [0.1, 0.15) is 18.5 Å². The highest BCUT2D eigenvalue weighted by Crippen LogP contribution is 2.40. The Bertz CT molecular complexity index is 1110. The number of hydrogen-bond acceptors (Lipinski definition) is 8. The predicted octanol–water partition coefficient (Wildman–Crippen LogP) is 0.173. The molecular formula is C16H14F3N5O6S2. The summed E-state index contributed by atoms with van der Waals surface area (Å²) in [4.78, 5) is 57.9. The Labute approximate surface area is 185 Å². The van der Waals surface area contributed by atoms with Gasteiger partial charge in [0.2, 0.25) is 0 Å². The molecule has 0 radical (unpaired) electrons. The number of rotatable bonds is 5. The lowest BCUT2D eigenvalue weighted by Gasteiger charge is -2.48. The molecule has 1 aromatic rings. The van der Waals surface area contributed by atoms with Crippen LogP contribution in [-0.2, 0) is 24.0 Å². The largest absolute Gasteiger partial charge is 0.478 e. The molecule has 1 fully saturated rings. The number of aliphatic carboxylic acids is 1. The van der Waals surface area contributed by atoms with Gasteiger partial charge in [-0.25, -0.2) is 4.79 Å². The Morgan fingerprint density at radius 2 is 2.03 bits per heavy atom. The number of aromatic nitrogens is 1. The summed E-state index contributed by atoms with van der Waals surface area (Å²) in [5.41, 5.74) is -0.445. The molecule has 11 nitrogen and oxygen atoms in total. The first-order chi connectivity index (χ1) is 14.9. The van der Waals surface area contributed by atoms with Crippen LogP contribution in [0.4, 0.5) is 13.2 Å². The number of carboxylic acids is 1. The minimum absolute atomic E-state index is 0.0450. The summed E-state index contributed by atoms with van der Waals surface area (Å²) in [5.74, 6) is -4.90. The first kappa shape index (κ1) is 23.5. The van der Waals surface area contributed by atoms with Crippen molar-refractivity contribution >= 4 is 52.5 Å². The van der Waals surface area contributed by atoms with Crippen LogP contribution in [0.1, 0.15) is 12.6 Å². The lowest BCUT2D eigenvalue weighted by molar-refractivity contribution is -0.169. The van der Waals surface area contributed by atoms with Crippen LogP contribution in [-0.4, -0.2) is 74.3 Å². The topological polar surface area (TPSA) is 154 Å². The van der Waals surface area contributed by atoms with Crippen LogP contribution in [0.15, 0.2) is 27.3 Å². The first-order valence-electron chi connectivity index (χ1n) is 8.62. The average molecular weight is 493 g/mol. The number of nitrogens with one attached hydrogen (secondary N) is 2. The highest BCUT2D eigenvalue weighted by atomic mass is 32.2. The first-order valence-corrected chi connectivity index (χ1v) is 10.4. The van der Waals surface area contributed by atoms with E-state index in [9.17, 15) is 37.5 Å². The van der Waals surface area contributed by atoms with Gasteiger partial charge in [0.25, 0.3) is 11.8 Å². The number of carboxylic acid groups (broad SMARTS) is 1. The minimum Gasteiger partial charge on any atom is -0.478 e. The zero-order chi connectivity index (χ0) is 23.8. The number of thioether (sulfide) groups is 1. The number of aromatic amines is 1. The third kappa shape index (κ3) is 4.55. The van der Waals surface area contributed by atoms with Gasteiger partial charge in [-0.05, 0) is 6.92 Å². The smallest absolute Gasteiger partial charge is 0.473 e. The maximum atomic E-state index is 12.7. The van der Waals surface area contributed by atoms with Crippen molar-refractivity contribution in [3.63, 3.8) is 0 Å². The van der Waals surface area contributed by atoms with Crippen molar-refractivity contribution in [3.8, 4) is 0 Å². The molecule has 2 aliphatic heterocycles. The summed E-state index contributed by atoms with van der Waals surface area (Å²) in [6, 6.07) is -0.988. The molecule has 0 bridgehead atoms. The number of carbonyl (C=O) groups is 4. The minimum atomic E-state index is -5.15. The molecule has 2 aliphatic rings. The third-order valence-electron chi connectivity index (χ3n) is 4.30. The van der Waals surface area contributed by atoms with Gasteiger partial charge in [-0.15, -0.1) is 23.1 Å². The standard InChI is InChI=1S/C16H14F3N5O6S2/c1-5-6(13(27)28)3-24-11(26)9(12(24)32-5)21-10(25)8(23-30-2)7-4-31-15(20-7)22-14(29)16(17,18)19/h3-5,9,12H,1-2H3,(H,21,25)(H,27,28)(H,20,22,29)/t5?,9?,12-/m1/s1. The van der Waals surface area contributed by atoms with Gasteiger partial charge in [-0.1, -0.05) is 5.16 Å². The van der Waals surface area contributed by atoms with Gasteiger partial charge in [-0.2, -0.15) is 18.2 Å². The van der Waals surface area contributed by atoms with E-state index in [4.69, 9.17) is 0 Å². The van der Waals surface area contributed by atoms with E-state index in [0.29, 0.717) is 11.3 Å². The maximum Gasteiger partial charge on any atom is 0.473 e. The normalized spacial score (nSPS) is 23.8. The Kier molecular flexibility index (Phi) is 6.45. The number of alkyl halides is 3. The van der Waals surface area contributed by atoms with Gasteiger partial charge in [0, 0.05) is 16.8 Å². The van der Waals surface area contributed by atoms with E-state index < -0.39 is 57.0 Å². The van der Waals surface area contributed by atoms with E-state index in [1.807, 2.05) is 0 Å². The molecule has 1 saturated heterocycles. The molecule has 1 aromatic heterocycles. The number of amides is 3. The van der Waals surface area contributed by atoms with Crippen LogP contribution in [0.25, 0.3) is 0 Å². The number of carbonyl (C=O) groups excluding carboxylic acids is 3. The molecule has 32 heavy (non-hydrogen) atoms. The SMILES string of the molecule is CON=C(C(=O)NC1C(=O)N2C=C(C(=O)O)C(C)S[C@H]12)c1csc(=NC(=O)C(F)(F)F)[nH]1. The molecule has 3 atom stereocenters. The van der Waals surface area contributed by atoms with Crippen molar-refractivity contribution in [2.24, 2.45) is 10.1 Å². The fraction of sp³-hybridized carbons (Fsp3) is 0.375. The second kappa shape index (κ2) is 8.78. The van der Waals surface area contributed by atoms with Gasteiger partial charge >= 0.3 is 18.1 Å². The van der Waals surface area contributed by atoms with Crippen LogP contribution >= 0.6 is 23.1 Å². The Morgan fingerprint density at radius 1 is 1.34 bits per heavy atom. The molecule has 0 spiro atoms. The fourth-order valence-corrected chi connectivity index (χ4v) is 4.86. The van der Waals surface area contributed by atoms with Gasteiger partial charge in [-0.3, -0.25) is 14.4 Å². The summed E-state index contributed by atoms with van der Waals surface area (Å²) in [6.07, 6.45) is -3.93. The van der Waals surface area contributed by atoms with Crippen LogP contribution in [0.3, 0.4) is 0 Å². The molecule has 2 unspecified atom stereocenters. The quantitative estimate of drug-likeness (QED) is 0.300. The van der Waals surface area contributed by atoms with E-state index in [1.54, 1.807) is 6.92 Å². The van der Waals surface area contributed by atoms with Crippen molar-refractivity contribution in [2.45, 2.75) is 29.8 Å². The van der Waals surface area contributed by atoms with Crippen molar-refractivity contribution < 1.29 is 42.3 Å². The number of nitrogens with zero attached hydrogens (tertiary/aromatic N) is 3. The summed E-state index contributed by atoms with van der Waals surface area (Å²) < 4.78 is 37.1. The van der Waals surface area contributed by atoms with Crippen molar-refractivity contribution in [2.75, 3.05) is 7.11 Å². The molecule has 3 rings (SSSR count). The zero-order valence-corrected chi connectivity index (χ0v) is 17.8. The van der Waals surface area contributed by atoms with Gasteiger partial charge < -0.3 is 25.1 Å². The van der Waals surface area contributed by atoms with E-state index in [-0.39, 0.29) is 11.3 Å². The summed E-state index contributed by atoms with van der Waals surface area (Å²) in [5, 5.41) is 15.4. The highest BCUT2D eigenvalue weighted by Gasteiger charge is 2.52. The molecule has 0 aromatic carbocycles. The molecular weight excluding hydrogens is 479 g/mol. The number of thiazole rings is 1. The Hall–Kier alpha value is -3.14. The highest BCUT2D eigenvalue weighted by molar-refractivity contribution is 8.00. The van der Waals surface area contributed by atoms with E-state index in [1.165, 1.54) is 28.2 Å². The second-order valence-electron chi connectivity index (χ2n) is 6.37. The van der Waals surface area contributed by atoms with Crippen LogP contribution in [0.2, 0.25) is 0 Å². The van der Waals surface area contributed by atoms with Crippen molar-refractivity contribution in [1.29, 1.82) is 0 Å². The lowest BCUT2D eigenvalue weighted by atomic mass is 10.1. The van der Waals surface area contributed by atoms with Crippen molar-refractivity contribution in [3.05, 3.63) is 27.6 Å². The number of β-lactam (4-membered cyclic amide) rings is 1. The second-order valence-corrected chi connectivity index (χ2v) is 8.69. The number of oxime groups is 1. The van der Waals surface area contributed by atoms with Crippen LogP contribution < -0.4 is 10.1 Å². The fourth-order valence-electron chi connectivity index (χ4n) is 2.79. The monoisotopic (exact) mass is 493 g/mol.